The fourth-order valence-corrected chi connectivity index (χ4v) is 2.95. The summed E-state index contributed by atoms with van der Waals surface area (Å²) in [5.41, 5.74) is 7.32. The molecular weight excluding hydrogens is 246 g/mol. The highest BCUT2D eigenvalue weighted by atomic mass is 32.2. The van der Waals surface area contributed by atoms with Crippen molar-refractivity contribution in [2.45, 2.75) is 25.8 Å². The molecule has 0 saturated heterocycles. The highest BCUT2D eigenvalue weighted by molar-refractivity contribution is 7.99. The van der Waals surface area contributed by atoms with E-state index < -0.39 is 0 Å². The minimum absolute atomic E-state index is 0.0719. The van der Waals surface area contributed by atoms with E-state index in [0.717, 1.165) is 22.8 Å². The molecular formula is C14H21NO2S. The second kappa shape index (κ2) is 6.90. The second-order valence-corrected chi connectivity index (χ2v) is 5.59. The van der Waals surface area contributed by atoms with Crippen LogP contribution in [0.15, 0.2) is 18.2 Å². The van der Waals surface area contributed by atoms with Crippen LogP contribution >= 0.6 is 11.8 Å². The van der Waals surface area contributed by atoms with Crippen LogP contribution in [-0.2, 0) is 0 Å². The Balaban J connectivity index is 1.91. The lowest BCUT2D eigenvalue weighted by Crippen LogP contribution is -2.17. The number of unbranched alkanes of at least 4 members (excludes halogenated alkanes) is 1. The maximum absolute atomic E-state index is 6.19. The van der Waals surface area contributed by atoms with Gasteiger partial charge in [0.25, 0.3) is 0 Å². The van der Waals surface area contributed by atoms with Gasteiger partial charge < -0.3 is 15.2 Å². The van der Waals surface area contributed by atoms with E-state index in [1.54, 1.807) is 0 Å². The summed E-state index contributed by atoms with van der Waals surface area (Å²) >= 11 is 1.92. The van der Waals surface area contributed by atoms with E-state index in [2.05, 4.69) is 6.92 Å². The predicted molar refractivity (Wildman–Crippen MR) is 76.6 cm³/mol. The molecule has 1 aromatic carbocycles. The maximum atomic E-state index is 6.19. The summed E-state index contributed by atoms with van der Waals surface area (Å²) in [6, 6.07) is 6.08. The van der Waals surface area contributed by atoms with Crippen molar-refractivity contribution in [2.75, 3.05) is 24.7 Å². The van der Waals surface area contributed by atoms with Crippen molar-refractivity contribution in [3.8, 4) is 11.5 Å². The second-order valence-electron chi connectivity index (χ2n) is 4.44. The minimum atomic E-state index is 0.0719. The van der Waals surface area contributed by atoms with Gasteiger partial charge in [-0.15, -0.1) is 0 Å². The molecule has 0 aliphatic carbocycles. The van der Waals surface area contributed by atoms with Crippen molar-refractivity contribution in [2.24, 2.45) is 5.73 Å². The first-order chi connectivity index (χ1) is 8.81. The smallest absolute Gasteiger partial charge is 0.161 e. The Kier molecular flexibility index (Phi) is 5.20. The molecule has 2 rings (SSSR count). The Morgan fingerprint density at radius 1 is 1.28 bits per heavy atom. The van der Waals surface area contributed by atoms with Gasteiger partial charge in [-0.25, -0.2) is 0 Å². The van der Waals surface area contributed by atoms with Crippen LogP contribution in [0.3, 0.4) is 0 Å². The predicted octanol–water partition coefficient (Wildman–Crippen LogP) is 2.99. The van der Waals surface area contributed by atoms with Gasteiger partial charge in [0.05, 0.1) is 0 Å². The Morgan fingerprint density at radius 2 is 2.06 bits per heavy atom. The molecule has 0 amide bonds. The van der Waals surface area contributed by atoms with Crippen LogP contribution in [0.25, 0.3) is 0 Å². The first-order valence-corrected chi connectivity index (χ1v) is 7.69. The van der Waals surface area contributed by atoms with Crippen molar-refractivity contribution in [3.63, 3.8) is 0 Å². The number of hydrogen-bond donors (Lipinski definition) is 1. The SMILES string of the molecule is CCCCSCC(N)c1ccc2c(c1)OCCO2. The average Bonchev–Trinajstić information content (AvgIpc) is 2.43. The number of thioether (sulfide) groups is 1. The molecule has 100 valence electrons. The number of ether oxygens (including phenoxy) is 2. The lowest BCUT2D eigenvalue weighted by molar-refractivity contribution is 0.171. The molecule has 1 aliphatic rings. The Labute approximate surface area is 113 Å². The summed E-state index contributed by atoms with van der Waals surface area (Å²) in [4.78, 5) is 0. The molecule has 18 heavy (non-hydrogen) atoms. The van der Waals surface area contributed by atoms with E-state index in [-0.39, 0.29) is 6.04 Å². The Hall–Kier alpha value is -0.870. The van der Waals surface area contributed by atoms with Crippen LogP contribution in [0.4, 0.5) is 0 Å². The molecule has 1 unspecified atom stereocenters. The van der Waals surface area contributed by atoms with Crippen LogP contribution < -0.4 is 15.2 Å². The van der Waals surface area contributed by atoms with Crippen molar-refractivity contribution >= 4 is 11.8 Å². The van der Waals surface area contributed by atoms with Crippen LogP contribution in [0.2, 0.25) is 0 Å². The summed E-state index contributed by atoms with van der Waals surface area (Å²) in [6.45, 7) is 3.46. The molecule has 1 aromatic rings. The fourth-order valence-electron chi connectivity index (χ4n) is 1.84. The van der Waals surface area contributed by atoms with E-state index >= 15 is 0 Å². The molecule has 4 heteroatoms. The van der Waals surface area contributed by atoms with Gasteiger partial charge in [-0.05, 0) is 29.9 Å². The van der Waals surface area contributed by atoms with Gasteiger partial charge in [0.2, 0.25) is 0 Å². The third kappa shape index (κ3) is 3.56. The molecule has 0 fully saturated rings. The van der Waals surface area contributed by atoms with E-state index in [4.69, 9.17) is 15.2 Å². The summed E-state index contributed by atoms with van der Waals surface area (Å²) in [7, 11) is 0. The summed E-state index contributed by atoms with van der Waals surface area (Å²) < 4.78 is 11.1. The summed E-state index contributed by atoms with van der Waals surface area (Å²) in [6.07, 6.45) is 2.50. The molecule has 0 spiro atoms. The summed E-state index contributed by atoms with van der Waals surface area (Å²) in [5.74, 6) is 3.80. The molecule has 0 radical (unpaired) electrons. The minimum Gasteiger partial charge on any atom is -0.486 e. The molecule has 2 N–H and O–H groups in total. The molecule has 0 bridgehead atoms. The molecule has 3 nitrogen and oxygen atoms in total. The quantitative estimate of drug-likeness (QED) is 0.805. The molecule has 1 heterocycles. The molecule has 0 aromatic heterocycles. The largest absolute Gasteiger partial charge is 0.486 e. The van der Waals surface area contributed by atoms with E-state index in [1.807, 2.05) is 30.0 Å². The highest BCUT2D eigenvalue weighted by Crippen LogP contribution is 2.32. The van der Waals surface area contributed by atoms with Gasteiger partial charge in [-0.3, -0.25) is 0 Å². The van der Waals surface area contributed by atoms with Gasteiger partial charge in [0.15, 0.2) is 11.5 Å². The van der Waals surface area contributed by atoms with Gasteiger partial charge >= 0.3 is 0 Å². The van der Waals surface area contributed by atoms with Gasteiger partial charge in [0.1, 0.15) is 13.2 Å². The zero-order valence-electron chi connectivity index (χ0n) is 10.9. The lowest BCUT2D eigenvalue weighted by atomic mass is 10.1. The van der Waals surface area contributed by atoms with Crippen molar-refractivity contribution in [1.29, 1.82) is 0 Å². The Morgan fingerprint density at radius 3 is 2.83 bits per heavy atom. The van der Waals surface area contributed by atoms with Gasteiger partial charge in [0, 0.05) is 11.8 Å². The van der Waals surface area contributed by atoms with Gasteiger partial charge in [-0.1, -0.05) is 19.4 Å². The first-order valence-electron chi connectivity index (χ1n) is 6.54. The van der Waals surface area contributed by atoms with Crippen LogP contribution in [0.5, 0.6) is 11.5 Å². The van der Waals surface area contributed by atoms with E-state index in [0.29, 0.717) is 13.2 Å². The van der Waals surface area contributed by atoms with Gasteiger partial charge in [-0.2, -0.15) is 11.8 Å². The van der Waals surface area contributed by atoms with Crippen molar-refractivity contribution in [3.05, 3.63) is 23.8 Å². The number of fused-ring (bicyclic) bond motifs is 1. The average molecular weight is 267 g/mol. The topological polar surface area (TPSA) is 44.5 Å². The van der Waals surface area contributed by atoms with Crippen molar-refractivity contribution < 1.29 is 9.47 Å². The summed E-state index contributed by atoms with van der Waals surface area (Å²) in [5, 5.41) is 0. The zero-order valence-corrected chi connectivity index (χ0v) is 11.7. The van der Waals surface area contributed by atoms with Crippen molar-refractivity contribution in [1.82, 2.24) is 0 Å². The normalized spacial score (nSPS) is 15.4. The van der Waals surface area contributed by atoms with Crippen LogP contribution in [-0.4, -0.2) is 24.7 Å². The van der Waals surface area contributed by atoms with E-state index in [9.17, 15) is 0 Å². The maximum Gasteiger partial charge on any atom is 0.161 e. The molecule has 1 atom stereocenters. The standard InChI is InChI=1S/C14H21NO2S/c1-2-3-8-18-10-12(15)11-4-5-13-14(9-11)17-7-6-16-13/h4-5,9,12H,2-3,6-8,10,15H2,1H3. The Bertz CT molecular complexity index is 384. The number of hydrogen-bond acceptors (Lipinski definition) is 4. The fraction of sp³-hybridized carbons (Fsp3) is 0.571. The van der Waals surface area contributed by atoms with Crippen LogP contribution in [0.1, 0.15) is 31.4 Å². The number of nitrogens with two attached hydrogens (primary N) is 1. The molecule has 0 saturated carbocycles. The van der Waals surface area contributed by atoms with Crippen LogP contribution in [0, 0.1) is 0 Å². The highest BCUT2D eigenvalue weighted by Gasteiger charge is 2.14. The third-order valence-electron chi connectivity index (χ3n) is 2.93. The number of benzene rings is 1. The lowest BCUT2D eigenvalue weighted by Gasteiger charge is -2.20. The molecule has 1 aliphatic heterocycles. The third-order valence-corrected chi connectivity index (χ3v) is 4.11. The zero-order chi connectivity index (χ0) is 12.8. The van der Waals surface area contributed by atoms with E-state index in [1.165, 1.54) is 18.6 Å². The monoisotopic (exact) mass is 267 g/mol. The number of rotatable bonds is 6. The first kappa shape index (κ1) is 13.6.